The van der Waals surface area contributed by atoms with E-state index in [4.69, 9.17) is 14.2 Å². The Morgan fingerprint density at radius 1 is 0.833 bits per heavy atom. The minimum atomic E-state index is -0.616. The monoisotopic (exact) mass is 405 g/mol. The third kappa shape index (κ3) is 6.38. The molecule has 0 bridgehead atoms. The molecule has 30 heavy (non-hydrogen) atoms. The molecule has 0 aliphatic heterocycles. The summed E-state index contributed by atoms with van der Waals surface area (Å²) in [4.78, 5) is 23.9. The second kappa shape index (κ2) is 10.7. The highest BCUT2D eigenvalue weighted by Crippen LogP contribution is 2.21. The third-order valence-corrected chi connectivity index (χ3v) is 4.29. The van der Waals surface area contributed by atoms with E-state index in [2.05, 4.69) is 5.32 Å². The van der Waals surface area contributed by atoms with E-state index in [0.717, 1.165) is 11.1 Å². The molecule has 0 saturated carbocycles. The molecule has 0 spiro atoms. The number of ether oxygens (including phenoxy) is 3. The SMILES string of the molecule is COc1ccc(NC(=O)COC(=O)COc2ccccc2Cc2ccccc2)cc1. The molecule has 0 fully saturated rings. The van der Waals surface area contributed by atoms with Crippen LogP contribution in [-0.4, -0.2) is 32.2 Å². The smallest absolute Gasteiger partial charge is 0.344 e. The van der Waals surface area contributed by atoms with Crippen LogP contribution in [0.4, 0.5) is 5.69 Å². The number of nitrogens with one attached hydrogen (secondary N) is 1. The Balaban J connectivity index is 1.46. The molecule has 1 amide bonds. The average molecular weight is 405 g/mol. The van der Waals surface area contributed by atoms with Crippen LogP contribution in [0.25, 0.3) is 0 Å². The highest BCUT2D eigenvalue weighted by atomic mass is 16.6. The van der Waals surface area contributed by atoms with Gasteiger partial charge in [0.1, 0.15) is 11.5 Å². The fourth-order valence-corrected chi connectivity index (χ4v) is 2.80. The Labute approximate surface area is 175 Å². The van der Waals surface area contributed by atoms with Gasteiger partial charge in [0, 0.05) is 12.1 Å². The molecule has 3 aromatic carbocycles. The van der Waals surface area contributed by atoms with Gasteiger partial charge in [0.2, 0.25) is 0 Å². The van der Waals surface area contributed by atoms with Gasteiger partial charge in [-0.2, -0.15) is 0 Å². The molecule has 154 valence electrons. The molecule has 0 radical (unpaired) electrons. The van der Waals surface area contributed by atoms with Gasteiger partial charge in [0.25, 0.3) is 5.91 Å². The van der Waals surface area contributed by atoms with Crippen LogP contribution in [0, 0.1) is 0 Å². The van der Waals surface area contributed by atoms with E-state index < -0.39 is 11.9 Å². The number of carbonyl (C=O) groups is 2. The fraction of sp³-hybridized carbons (Fsp3) is 0.167. The van der Waals surface area contributed by atoms with Gasteiger partial charge in [-0.3, -0.25) is 4.79 Å². The van der Waals surface area contributed by atoms with Crippen molar-refractivity contribution >= 4 is 17.6 Å². The number of methoxy groups -OCH3 is 1. The number of anilines is 1. The van der Waals surface area contributed by atoms with Crippen molar-refractivity contribution in [1.29, 1.82) is 0 Å². The summed E-state index contributed by atoms with van der Waals surface area (Å²) in [6.45, 7) is -0.665. The maximum atomic E-state index is 12.0. The molecule has 6 heteroatoms. The molecule has 3 aromatic rings. The Bertz CT molecular complexity index is 970. The van der Waals surface area contributed by atoms with Crippen molar-refractivity contribution < 1.29 is 23.8 Å². The van der Waals surface area contributed by atoms with Gasteiger partial charge >= 0.3 is 5.97 Å². The van der Waals surface area contributed by atoms with Crippen molar-refractivity contribution in [3.8, 4) is 11.5 Å². The highest BCUT2D eigenvalue weighted by Gasteiger charge is 2.11. The number of benzene rings is 3. The number of hydrogen-bond donors (Lipinski definition) is 1. The number of amides is 1. The fourth-order valence-electron chi connectivity index (χ4n) is 2.80. The molecule has 3 rings (SSSR count). The zero-order valence-corrected chi connectivity index (χ0v) is 16.7. The molecular formula is C24H23NO5. The minimum Gasteiger partial charge on any atom is -0.497 e. The van der Waals surface area contributed by atoms with Crippen molar-refractivity contribution in [3.63, 3.8) is 0 Å². The largest absolute Gasteiger partial charge is 0.497 e. The average Bonchev–Trinajstić information content (AvgIpc) is 2.78. The third-order valence-electron chi connectivity index (χ3n) is 4.29. The first kappa shape index (κ1) is 20.9. The van der Waals surface area contributed by atoms with Gasteiger partial charge in [-0.1, -0.05) is 48.5 Å². The van der Waals surface area contributed by atoms with Crippen molar-refractivity contribution in [1.82, 2.24) is 0 Å². The van der Waals surface area contributed by atoms with Crippen LogP contribution in [0.3, 0.4) is 0 Å². The predicted octanol–water partition coefficient (Wildman–Crippen LogP) is 3.85. The molecular weight excluding hydrogens is 382 g/mol. The first-order valence-electron chi connectivity index (χ1n) is 9.48. The molecule has 0 aliphatic carbocycles. The van der Waals surface area contributed by atoms with E-state index in [9.17, 15) is 9.59 Å². The molecule has 0 heterocycles. The molecule has 0 unspecified atom stereocenters. The lowest BCUT2D eigenvalue weighted by molar-refractivity contribution is -0.149. The van der Waals surface area contributed by atoms with Gasteiger partial charge in [0.15, 0.2) is 13.2 Å². The highest BCUT2D eigenvalue weighted by molar-refractivity contribution is 5.92. The lowest BCUT2D eigenvalue weighted by Gasteiger charge is -2.11. The number of esters is 1. The zero-order valence-electron chi connectivity index (χ0n) is 16.7. The predicted molar refractivity (Wildman–Crippen MR) is 114 cm³/mol. The molecule has 0 atom stereocenters. The van der Waals surface area contributed by atoms with Crippen LogP contribution in [0.5, 0.6) is 11.5 Å². The van der Waals surface area contributed by atoms with Crippen LogP contribution in [-0.2, 0) is 20.7 Å². The summed E-state index contributed by atoms with van der Waals surface area (Å²) >= 11 is 0. The maximum absolute atomic E-state index is 12.0. The van der Waals surface area contributed by atoms with Crippen LogP contribution in [0.1, 0.15) is 11.1 Å². The number of para-hydroxylation sites is 1. The van der Waals surface area contributed by atoms with Crippen molar-refractivity contribution in [2.45, 2.75) is 6.42 Å². The van der Waals surface area contributed by atoms with Gasteiger partial charge in [0.05, 0.1) is 7.11 Å². The lowest BCUT2D eigenvalue weighted by Crippen LogP contribution is -2.23. The Morgan fingerprint density at radius 3 is 2.27 bits per heavy atom. The first-order chi connectivity index (χ1) is 14.6. The maximum Gasteiger partial charge on any atom is 0.344 e. The molecule has 1 N–H and O–H groups in total. The summed E-state index contributed by atoms with van der Waals surface area (Å²) in [6.07, 6.45) is 0.691. The minimum absolute atomic E-state index is 0.276. The van der Waals surface area contributed by atoms with E-state index in [1.54, 1.807) is 31.4 Å². The summed E-state index contributed by atoms with van der Waals surface area (Å²) in [5.41, 5.74) is 2.70. The van der Waals surface area contributed by atoms with Gasteiger partial charge in [-0.25, -0.2) is 4.79 Å². The number of rotatable bonds is 9. The van der Waals surface area contributed by atoms with E-state index in [-0.39, 0.29) is 13.2 Å². The summed E-state index contributed by atoms with van der Waals surface area (Å²) in [7, 11) is 1.56. The molecule has 0 aliphatic rings. The molecule has 0 aromatic heterocycles. The molecule has 0 saturated heterocycles. The first-order valence-corrected chi connectivity index (χ1v) is 9.48. The second-order valence-corrected chi connectivity index (χ2v) is 6.50. The Morgan fingerprint density at radius 2 is 1.53 bits per heavy atom. The second-order valence-electron chi connectivity index (χ2n) is 6.50. The van der Waals surface area contributed by atoms with E-state index in [0.29, 0.717) is 23.6 Å². The van der Waals surface area contributed by atoms with Gasteiger partial charge in [-0.15, -0.1) is 0 Å². The standard InChI is InChI=1S/C24H23NO5/c1-28-21-13-11-20(12-14-21)25-23(26)16-30-24(27)17-29-22-10-6-5-9-19(22)15-18-7-3-2-4-8-18/h2-14H,15-17H2,1H3,(H,25,26). The zero-order chi connectivity index (χ0) is 21.2. The summed E-state index contributed by atoms with van der Waals surface area (Å²) in [6, 6.07) is 24.4. The van der Waals surface area contributed by atoms with E-state index >= 15 is 0 Å². The van der Waals surface area contributed by atoms with Crippen molar-refractivity contribution in [3.05, 3.63) is 90.0 Å². The van der Waals surface area contributed by atoms with Gasteiger partial charge in [-0.05, 0) is 41.5 Å². The Kier molecular flexibility index (Phi) is 7.44. The van der Waals surface area contributed by atoms with Crippen molar-refractivity contribution in [2.24, 2.45) is 0 Å². The lowest BCUT2D eigenvalue weighted by atomic mass is 10.0. The quantitative estimate of drug-likeness (QED) is 0.548. The van der Waals surface area contributed by atoms with Crippen LogP contribution in [0.2, 0.25) is 0 Å². The van der Waals surface area contributed by atoms with Crippen LogP contribution < -0.4 is 14.8 Å². The summed E-state index contributed by atoms with van der Waals surface area (Å²) in [5, 5.41) is 2.65. The normalized spacial score (nSPS) is 10.2. The topological polar surface area (TPSA) is 73.9 Å². The van der Waals surface area contributed by atoms with E-state index in [1.807, 2.05) is 54.6 Å². The van der Waals surface area contributed by atoms with Gasteiger partial charge < -0.3 is 19.5 Å². The van der Waals surface area contributed by atoms with Crippen LogP contribution >= 0.6 is 0 Å². The van der Waals surface area contributed by atoms with Crippen molar-refractivity contribution in [2.75, 3.05) is 25.6 Å². The van der Waals surface area contributed by atoms with Crippen LogP contribution in [0.15, 0.2) is 78.9 Å². The van der Waals surface area contributed by atoms with E-state index in [1.165, 1.54) is 0 Å². The number of carbonyl (C=O) groups excluding carboxylic acids is 2. The Hall–Kier alpha value is -3.80. The summed E-state index contributed by atoms with van der Waals surface area (Å²) in [5.74, 6) is 0.248. The number of hydrogen-bond acceptors (Lipinski definition) is 5. The summed E-state index contributed by atoms with van der Waals surface area (Å²) < 4.78 is 15.7. The molecule has 6 nitrogen and oxygen atoms in total.